The van der Waals surface area contributed by atoms with E-state index in [1.807, 2.05) is 4.90 Å². The number of benzene rings is 2. The molecule has 1 N–H and O–H groups in total. The summed E-state index contributed by atoms with van der Waals surface area (Å²) < 4.78 is 33.3. The second-order valence-corrected chi connectivity index (χ2v) is 9.75. The van der Waals surface area contributed by atoms with Crippen LogP contribution in [0.2, 0.25) is 0 Å². The van der Waals surface area contributed by atoms with Crippen molar-refractivity contribution in [1.29, 1.82) is 0 Å². The molecule has 9 nitrogen and oxygen atoms in total. The number of hydrogen-bond donors (Lipinski definition) is 1. The molecule has 33 heavy (non-hydrogen) atoms. The lowest BCUT2D eigenvalue weighted by Gasteiger charge is -2.23. The fraction of sp³-hybridized carbons (Fsp3) is 0.391. The van der Waals surface area contributed by atoms with Gasteiger partial charge in [0.25, 0.3) is 15.9 Å². The molecule has 0 aromatic heterocycles. The highest BCUT2D eigenvalue weighted by atomic mass is 32.2. The number of methoxy groups -OCH3 is 1. The number of rotatable bonds is 7. The Balaban J connectivity index is 1.69. The van der Waals surface area contributed by atoms with Crippen molar-refractivity contribution >= 4 is 27.5 Å². The van der Waals surface area contributed by atoms with Gasteiger partial charge in [0, 0.05) is 51.5 Å². The van der Waals surface area contributed by atoms with Crippen molar-refractivity contribution in [2.75, 3.05) is 58.7 Å². The zero-order valence-corrected chi connectivity index (χ0v) is 20.0. The molecule has 0 saturated carbocycles. The molecule has 1 aliphatic rings. The first-order chi connectivity index (χ1) is 15.7. The fourth-order valence-electron chi connectivity index (χ4n) is 3.52. The van der Waals surface area contributed by atoms with Crippen molar-refractivity contribution in [3.05, 3.63) is 54.1 Å². The van der Waals surface area contributed by atoms with E-state index in [2.05, 4.69) is 4.72 Å². The van der Waals surface area contributed by atoms with Crippen LogP contribution in [0, 0.1) is 0 Å². The summed E-state index contributed by atoms with van der Waals surface area (Å²) in [6.45, 7) is 2.65. The number of carbonyl (C=O) groups is 2. The molecule has 0 atom stereocenters. The third kappa shape index (κ3) is 6.45. The van der Waals surface area contributed by atoms with Crippen LogP contribution in [-0.4, -0.2) is 88.9 Å². The van der Waals surface area contributed by atoms with Gasteiger partial charge in [-0.05, 0) is 48.9 Å². The molecule has 3 rings (SSSR count). The zero-order chi connectivity index (χ0) is 24.0. The molecule has 0 radical (unpaired) electrons. The zero-order valence-electron chi connectivity index (χ0n) is 19.2. The number of amides is 2. The highest BCUT2D eigenvalue weighted by Gasteiger charge is 2.23. The van der Waals surface area contributed by atoms with Crippen molar-refractivity contribution in [2.45, 2.75) is 11.3 Å². The second kappa shape index (κ2) is 10.7. The molecule has 1 aliphatic heterocycles. The number of nitrogens with one attached hydrogen (secondary N) is 1. The molecular weight excluding hydrogens is 444 g/mol. The summed E-state index contributed by atoms with van der Waals surface area (Å²) >= 11 is 0. The summed E-state index contributed by atoms with van der Waals surface area (Å²) in [5.41, 5.74) is 0.706. The average Bonchev–Trinajstić information content (AvgIpc) is 3.04. The lowest BCUT2D eigenvalue weighted by Crippen LogP contribution is -2.39. The maximum Gasteiger partial charge on any atom is 0.261 e. The van der Waals surface area contributed by atoms with E-state index in [-0.39, 0.29) is 16.7 Å². The van der Waals surface area contributed by atoms with Crippen LogP contribution in [0.3, 0.4) is 0 Å². The fourth-order valence-corrected chi connectivity index (χ4v) is 4.62. The maximum absolute atomic E-state index is 13.1. The molecule has 2 amide bonds. The normalized spacial score (nSPS) is 14.9. The van der Waals surface area contributed by atoms with E-state index < -0.39 is 10.0 Å². The van der Waals surface area contributed by atoms with Crippen molar-refractivity contribution in [1.82, 2.24) is 14.7 Å². The topological polar surface area (TPSA) is 99.3 Å². The molecule has 0 unspecified atom stereocenters. The van der Waals surface area contributed by atoms with Crippen LogP contribution < -0.4 is 9.46 Å². The van der Waals surface area contributed by atoms with Gasteiger partial charge in [0.1, 0.15) is 5.75 Å². The Morgan fingerprint density at radius 2 is 1.76 bits per heavy atom. The van der Waals surface area contributed by atoms with Crippen LogP contribution in [0.25, 0.3) is 0 Å². The van der Waals surface area contributed by atoms with Crippen LogP contribution in [0.5, 0.6) is 5.75 Å². The molecule has 178 valence electrons. The number of sulfonamides is 1. The van der Waals surface area contributed by atoms with Gasteiger partial charge < -0.3 is 14.5 Å². The average molecular weight is 475 g/mol. The van der Waals surface area contributed by atoms with E-state index in [0.29, 0.717) is 43.2 Å². The number of anilines is 1. The first-order valence-electron chi connectivity index (χ1n) is 10.7. The van der Waals surface area contributed by atoms with Gasteiger partial charge in [-0.25, -0.2) is 8.42 Å². The van der Waals surface area contributed by atoms with Gasteiger partial charge in [0.2, 0.25) is 5.91 Å². The Morgan fingerprint density at radius 3 is 2.42 bits per heavy atom. The molecule has 1 saturated heterocycles. The Hall–Kier alpha value is -3.11. The molecular formula is C23H30N4O5S. The monoisotopic (exact) mass is 474 g/mol. The molecule has 1 fully saturated rings. The van der Waals surface area contributed by atoms with Gasteiger partial charge in [-0.1, -0.05) is 6.07 Å². The summed E-state index contributed by atoms with van der Waals surface area (Å²) in [5.74, 6) is 0.418. The molecule has 0 spiro atoms. The minimum Gasteiger partial charge on any atom is -0.497 e. The highest BCUT2D eigenvalue weighted by Crippen LogP contribution is 2.21. The first kappa shape index (κ1) is 24.5. The van der Waals surface area contributed by atoms with Crippen LogP contribution in [0.15, 0.2) is 53.4 Å². The molecule has 2 aromatic rings. The van der Waals surface area contributed by atoms with Gasteiger partial charge in [-0.3, -0.25) is 19.2 Å². The maximum atomic E-state index is 13.1. The lowest BCUT2D eigenvalue weighted by atomic mass is 10.2. The Labute approximate surface area is 195 Å². The van der Waals surface area contributed by atoms with E-state index >= 15 is 0 Å². The standard InChI is InChI=1S/C23H30N4O5S/c1-25(2)22(28)17-26-12-5-13-27(15-14-26)23(29)18-6-4-7-21(16-18)33(30,31)24-19-8-10-20(32-3)11-9-19/h4,6-11,16,24H,5,12-15,17H2,1-3H3. The quantitative estimate of drug-likeness (QED) is 0.656. The molecule has 2 aromatic carbocycles. The van der Waals surface area contributed by atoms with Crippen molar-refractivity contribution in [3.8, 4) is 5.75 Å². The molecule has 0 bridgehead atoms. The van der Waals surface area contributed by atoms with Gasteiger partial charge in [-0.2, -0.15) is 0 Å². The summed E-state index contributed by atoms with van der Waals surface area (Å²) in [6, 6.07) is 12.6. The summed E-state index contributed by atoms with van der Waals surface area (Å²) in [6.07, 6.45) is 0.740. The number of nitrogens with zero attached hydrogens (tertiary/aromatic N) is 3. The van der Waals surface area contributed by atoms with E-state index in [9.17, 15) is 18.0 Å². The second-order valence-electron chi connectivity index (χ2n) is 8.07. The lowest BCUT2D eigenvalue weighted by molar-refractivity contribution is -0.129. The predicted molar refractivity (Wildman–Crippen MR) is 126 cm³/mol. The Kier molecular flexibility index (Phi) is 7.93. The van der Waals surface area contributed by atoms with Crippen LogP contribution in [0.4, 0.5) is 5.69 Å². The number of ether oxygens (including phenoxy) is 1. The molecule has 0 aliphatic carbocycles. The Morgan fingerprint density at radius 1 is 1.03 bits per heavy atom. The minimum atomic E-state index is -3.87. The van der Waals surface area contributed by atoms with E-state index in [1.165, 1.54) is 19.2 Å². The summed E-state index contributed by atoms with van der Waals surface area (Å²) in [7, 11) is 1.11. The summed E-state index contributed by atoms with van der Waals surface area (Å²) in [4.78, 5) is 30.4. The molecule has 1 heterocycles. The molecule has 10 heteroatoms. The predicted octanol–water partition coefficient (Wildman–Crippen LogP) is 1.73. The summed E-state index contributed by atoms with van der Waals surface area (Å²) in [5, 5.41) is 0. The third-order valence-electron chi connectivity index (χ3n) is 5.47. The Bertz CT molecular complexity index is 1090. The van der Waals surface area contributed by atoms with Gasteiger partial charge in [0.05, 0.1) is 18.6 Å². The van der Waals surface area contributed by atoms with E-state index in [0.717, 1.165) is 13.0 Å². The van der Waals surface area contributed by atoms with Crippen molar-refractivity contribution in [2.24, 2.45) is 0 Å². The largest absolute Gasteiger partial charge is 0.497 e. The van der Waals surface area contributed by atoms with Crippen LogP contribution >= 0.6 is 0 Å². The van der Waals surface area contributed by atoms with Crippen LogP contribution in [-0.2, 0) is 14.8 Å². The SMILES string of the molecule is COc1ccc(NS(=O)(=O)c2cccc(C(=O)N3CCCN(CC(=O)N(C)C)CC3)c2)cc1. The number of hydrogen-bond acceptors (Lipinski definition) is 6. The smallest absolute Gasteiger partial charge is 0.261 e. The van der Waals surface area contributed by atoms with Gasteiger partial charge in [-0.15, -0.1) is 0 Å². The van der Waals surface area contributed by atoms with Crippen molar-refractivity contribution in [3.63, 3.8) is 0 Å². The van der Waals surface area contributed by atoms with Gasteiger partial charge in [0.15, 0.2) is 0 Å². The van der Waals surface area contributed by atoms with E-state index in [1.54, 1.807) is 60.3 Å². The van der Waals surface area contributed by atoms with Gasteiger partial charge >= 0.3 is 0 Å². The number of likely N-dealkylation sites (N-methyl/N-ethyl adjacent to an activating group) is 1. The van der Waals surface area contributed by atoms with E-state index in [4.69, 9.17) is 4.74 Å². The minimum absolute atomic E-state index is 0.0113. The van der Waals surface area contributed by atoms with Crippen molar-refractivity contribution < 1.29 is 22.7 Å². The first-order valence-corrected chi connectivity index (χ1v) is 12.2. The van der Waals surface area contributed by atoms with Crippen LogP contribution in [0.1, 0.15) is 16.8 Å². The third-order valence-corrected chi connectivity index (χ3v) is 6.85. The highest BCUT2D eigenvalue weighted by molar-refractivity contribution is 7.92. The number of carbonyl (C=O) groups excluding carboxylic acids is 2.